The van der Waals surface area contributed by atoms with Crippen LogP contribution in [0.4, 0.5) is 0 Å². The maximum atomic E-state index is 11.5. The second-order valence-corrected chi connectivity index (χ2v) is 11.3. The summed E-state index contributed by atoms with van der Waals surface area (Å²) in [5.41, 5.74) is 0.216. The third kappa shape index (κ3) is 3.05. The number of aliphatic carboxylic acids is 1. The predicted molar refractivity (Wildman–Crippen MR) is 109 cm³/mol. The summed E-state index contributed by atoms with van der Waals surface area (Å²) in [7, 11) is 0. The van der Waals surface area contributed by atoms with Crippen molar-refractivity contribution in [2.24, 2.45) is 46.3 Å². The Labute approximate surface area is 170 Å². The van der Waals surface area contributed by atoms with Crippen molar-refractivity contribution in [3.8, 4) is 0 Å². The molecule has 3 N–H and O–H groups in total. The zero-order valence-electron chi connectivity index (χ0n) is 17.9. The maximum Gasteiger partial charge on any atom is 0.303 e. The molecule has 0 heterocycles. The van der Waals surface area contributed by atoms with E-state index >= 15 is 0 Å². The minimum Gasteiger partial charge on any atom is -0.481 e. The fourth-order valence-electron chi connectivity index (χ4n) is 8.71. The van der Waals surface area contributed by atoms with Gasteiger partial charge in [-0.05, 0) is 104 Å². The standard InChI is InChI=1S/C24H40O4/c1-14(4-9-22(27)28)18-7-8-19-17-6-5-15-12-16(25)10-11-23(15,2)20(17)13-21(26)24(18,19)3/h14-21,25-26H,4-13H2,1-3H3,(H,27,28)/t14-,15+,16+,17-,18+,19+,20-,21-,23+,24-/m1/s1. The molecule has 4 saturated carbocycles. The molecule has 0 aromatic rings. The summed E-state index contributed by atoms with van der Waals surface area (Å²) in [6.45, 7) is 6.99. The van der Waals surface area contributed by atoms with E-state index in [1.54, 1.807) is 0 Å². The van der Waals surface area contributed by atoms with Gasteiger partial charge in [0, 0.05) is 6.42 Å². The van der Waals surface area contributed by atoms with Crippen molar-refractivity contribution >= 4 is 5.97 Å². The van der Waals surface area contributed by atoms with Crippen LogP contribution < -0.4 is 0 Å². The van der Waals surface area contributed by atoms with Gasteiger partial charge in [-0.3, -0.25) is 4.79 Å². The Hall–Kier alpha value is -0.610. The highest BCUT2D eigenvalue weighted by molar-refractivity contribution is 5.66. The SMILES string of the molecule is C[C@H](CCC(=O)O)[C@@H]1CC[C@H]2[C@H]3CC[C@H]4C[C@@H](O)CC[C@]4(C)[C@@H]3C[C@@H](O)[C@@]21C. The van der Waals surface area contributed by atoms with Gasteiger partial charge >= 0.3 is 5.97 Å². The van der Waals surface area contributed by atoms with E-state index in [0.717, 1.165) is 38.5 Å². The number of aliphatic hydroxyl groups is 2. The molecule has 0 spiro atoms. The monoisotopic (exact) mass is 392 g/mol. The fraction of sp³-hybridized carbons (Fsp3) is 0.958. The lowest BCUT2D eigenvalue weighted by molar-refractivity contribution is -0.175. The van der Waals surface area contributed by atoms with Gasteiger partial charge in [0.05, 0.1) is 12.2 Å². The molecule has 4 nitrogen and oxygen atoms in total. The van der Waals surface area contributed by atoms with Crippen molar-refractivity contribution in [3.05, 3.63) is 0 Å². The zero-order chi connectivity index (χ0) is 20.3. The minimum absolute atomic E-state index is 0.0591. The molecule has 160 valence electrons. The summed E-state index contributed by atoms with van der Waals surface area (Å²) in [4.78, 5) is 11.1. The number of aliphatic hydroxyl groups excluding tert-OH is 2. The molecule has 0 radical (unpaired) electrons. The summed E-state index contributed by atoms with van der Waals surface area (Å²) in [6, 6.07) is 0. The van der Waals surface area contributed by atoms with E-state index in [-0.39, 0.29) is 29.5 Å². The van der Waals surface area contributed by atoms with E-state index in [1.165, 1.54) is 19.3 Å². The first kappa shape index (κ1) is 20.7. The first-order valence-electron chi connectivity index (χ1n) is 11.8. The Morgan fingerprint density at radius 2 is 1.79 bits per heavy atom. The summed E-state index contributed by atoms with van der Waals surface area (Å²) >= 11 is 0. The van der Waals surface area contributed by atoms with E-state index in [2.05, 4.69) is 20.8 Å². The number of fused-ring (bicyclic) bond motifs is 5. The molecule has 10 atom stereocenters. The lowest BCUT2D eigenvalue weighted by Gasteiger charge is -2.62. The third-order valence-corrected chi connectivity index (χ3v) is 10.3. The van der Waals surface area contributed by atoms with Crippen molar-refractivity contribution in [2.45, 2.75) is 97.2 Å². The van der Waals surface area contributed by atoms with Gasteiger partial charge < -0.3 is 15.3 Å². The van der Waals surface area contributed by atoms with Crippen molar-refractivity contribution in [2.75, 3.05) is 0 Å². The Bertz CT molecular complexity index is 605. The second kappa shape index (κ2) is 7.27. The molecular formula is C24H40O4. The van der Waals surface area contributed by atoms with E-state index in [0.29, 0.717) is 35.5 Å². The van der Waals surface area contributed by atoms with Crippen LogP contribution in [0.5, 0.6) is 0 Å². The normalized spacial score (nSPS) is 51.7. The molecule has 0 saturated heterocycles. The minimum atomic E-state index is -0.707. The molecule has 0 bridgehead atoms. The highest BCUT2D eigenvalue weighted by Gasteiger charge is 2.63. The van der Waals surface area contributed by atoms with Crippen LogP contribution in [0.3, 0.4) is 0 Å². The van der Waals surface area contributed by atoms with Crippen LogP contribution in [0.15, 0.2) is 0 Å². The van der Waals surface area contributed by atoms with E-state index in [1.807, 2.05) is 0 Å². The molecular weight excluding hydrogens is 352 g/mol. The molecule has 4 rings (SSSR count). The number of carbonyl (C=O) groups is 1. The van der Waals surface area contributed by atoms with Crippen LogP contribution in [0.1, 0.15) is 85.0 Å². The van der Waals surface area contributed by atoms with Crippen molar-refractivity contribution in [1.82, 2.24) is 0 Å². The molecule has 0 aromatic carbocycles. The summed E-state index contributed by atoms with van der Waals surface area (Å²) in [5.74, 6) is 2.55. The van der Waals surface area contributed by atoms with E-state index in [4.69, 9.17) is 5.11 Å². The Morgan fingerprint density at radius 1 is 1.04 bits per heavy atom. The van der Waals surface area contributed by atoms with Crippen LogP contribution in [0.25, 0.3) is 0 Å². The number of hydrogen-bond donors (Lipinski definition) is 3. The van der Waals surface area contributed by atoms with Crippen molar-refractivity contribution < 1.29 is 20.1 Å². The third-order valence-electron chi connectivity index (χ3n) is 10.3. The topological polar surface area (TPSA) is 77.8 Å². The molecule has 0 amide bonds. The summed E-state index contributed by atoms with van der Waals surface area (Å²) < 4.78 is 0. The number of hydrogen-bond acceptors (Lipinski definition) is 3. The van der Waals surface area contributed by atoms with Gasteiger partial charge in [0.25, 0.3) is 0 Å². The fourth-order valence-corrected chi connectivity index (χ4v) is 8.71. The molecule has 4 aliphatic carbocycles. The van der Waals surface area contributed by atoms with Gasteiger partial charge in [-0.2, -0.15) is 0 Å². The molecule has 28 heavy (non-hydrogen) atoms. The van der Waals surface area contributed by atoms with Crippen LogP contribution in [0, 0.1) is 46.3 Å². The number of rotatable bonds is 4. The maximum absolute atomic E-state index is 11.5. The molecule has 0 unspecified atom stereocenters. The summed E-state index contributed by atoms with van der Waals surface area (Å²) in [6.07, 6.45) is 9.26. The lowest BCUT2D eigenvalue weighted by Crippen LogP contribution is -2.58. The van der Waals surface area contributed by atoms with Crippen molar-refractivity contribution in [3.63, 3.8) is 0 Å². The average Bonchev–Trinajstić information content (AvgIpc) is 3.00. The van der Waals surface area contributed by atoms with Gasteiger partial charge in [-0.15, -0.1) is 0 Å². The summed E-state index contributed by atoms with van der Waals surface area (Å²) in [5, 5.41) is 30.8. The van der Waals surface area contributed by atoms with E-state index < -0.39 is 5.97 Å². The van der Waals surface area contributed by atoms with Gasteiger partial charge in [-0.1, -0.05) is 20.8 Å². The van der Waals surface area contributed by atoms with Crippen LogP contribution in [-0.4, -0.2) is 33.5 Å². The second-order valence-electron chi connectivity index (χ2n) is 11.3. The van der Waals surface area contributed by atoms with Gasteiger partial charge in [-0.25, -0.2) is 0 Å². The number of carboxylic acids is 1. The molecule has 4 aliphatic rings. The molecule has 0 aromatic heterocycles. The van der Waals surface area contributed by atoms with Crippen LogP contribution in [-0.2, 0) is 4.79 Å². The smallest absolute Gasteiger partial charge is 0.303 e. The largest absolute Gasteiger partial charge is 0.481 e. The quantitative estimate of drug-likeness (QED) is 0.659. The number of carboxylic acid groups (broad SMARTS) is 1. The Kier molecular flexibility index (Phi) is 5.36. The predicted octanol–water partition coefficient (Wildman–Crippen LogP) is 4.48. The zero-order valence-corrected chi connectivity index (χ0v) is 17.9. The highest BCUT2D eigenvalue weighted by Crippen LogP contribution is 2.68. The molecule has 0 aliphatic heterocycles. The lowest BCUT2D eigenvalue weighted by atomic mass is 9.43. The van der Waals surface area contributed by atoms with Crippen LogP contribution in [0.2, 0.25) is 0 Å². The van der Waals surface area contributed by atoms with Crippen LogP contribution >= 0.6 is 0 Å². The molecule has 4 heteroatoms. The molecule has 4 fully saturated rings. The Morgan fingerprint density at radius 3 is 2.50 bits per heavy atom. The van der Waals surface area contributed by atoms with E-state index in [9.17, 15) is 15.0 Å². The van der Waals surface area contributed by atoms with Crippen molar-refractivity contribution in [1.29, 1.82) is 0 Å². The first-order valence-corrected chi connectivity index (χ1v) is 11.8. The van der Waals surface area contributed by atoms with Gasteiger partial charge in [0.1, 0.15) is 0 Å². The Balaban J connectivity index is 1.56. The highest BCUT2D eigenvalue weighted by atomic mass is 16.4. The first-order chi connectivity index (χ1) is 13.2. The average molecular weight is 393 g/mol. The van der Waals surface area contributed by atoms with Gasteiger partial charge in [0.15, 0.2) is 0 Å². The van der Waals surface area contributed by atoms with Gasteiger partial charge in [0.2, 0.25) is 0 Å².